The van der Waals surface area contributed by atoms with Crippen LogP contribution >= 0.6 is 0 Å². The number of rotatable bonds is 7. The fraction of sp³-hybridized carbons (Fsp3) is 0.348. The highest BCUT2D eigenvalue weighted by Gasteiger charge is 2.35. The van der Waals surface area contributed by atoms with E-state index in [9.17, 15) is 19.5 Å². The molecule has 7 heteroatoms. The molecule has 2 unspecified atom stereocenters. The second kappa shape index (κ2) is 8.18. The Balaban J connectivity index is 1.40. The van der Waals surface area contributed by atoms with Crippen LogP contribution in [-0.2, 0) is 14.3 Å². The third-order valence-corrected chi connectivity index (χ3v) is 5.70. The highest BCUT2D eigenvalue weighted by atomic mass is 16.5. The molecule has 0 bridgehead atoms. The minimum atomic E-state index is -1.27. The number of aliphatic carboxylic acids is 1. The van der Waals surface area contributed by atoms with Crippen molar-refractivity contribution in [1.29, 1.82) is 0 Å². The van der Waals surface area contributed by atoms with Crippen LogP contribution in [0.15, 0.2) is 48.5 Å². The van der Waals surface area contributed by atoms with Crippen molar-refractivity contribution >= 4 is 18.0 Å². The topological polar surface area (TPSA) is 105 Å². The number of carboxylic acid groups (broad SMARTS) is 1. The predicted octanol–water partition coefficient (Wildman–Crippen LogP) is 2.89. The van der Waals surface area contributed by atoms with Crippen LogP contribution < -0.4 is 10.6 Å². The first-order chi connectivity index (χ1) is 14.5. The lowest BCUT2D eigenvalue weighted by Crippen LogP contribution is -2.54. The Bertz CT molecular complexity index is 940. The number of benzene rings is 2. The van der Waals surface area contributed by atoms with E-state index < -0.39 is 24.1 Å². The standard InChI is InChI=1S/C23H24N2O5/c1-13(24-21(26)14-10-11-14)20(22(27)28)25-23(29)30-12-19-17-8-4-2-6-15(17)16-7-3-5-9-18(16)19/h2-9,13-14,19-20H,10-12H2,1H3,(H,24,26)(H,25,29)(H,27,28). The summed E-state index contributed by atoms with van der Waals surface area (Å²) < 4.78 is 5.41. The molecule has 2 aliphatic carbocycles. The van der Waals surface area contributed by atoms with E-state index in [1.165, 1.54) is 0 Å². The Morgan fingerprint density at radius 1 is 1.00 bits per heavy atom. The van der Waals surface area contributed by atoms with Crippen LogP contribution in [0, 0.1) is 5.92 Å². The maximum atomic E-state index is 12.4. The maximum Gasteiger partial charge on any atom is 0.407 e. The summed E-state index contributed by atoms with van der Waals surface area (Å²) in [6, 6.07) is 13.9. The molecule has 30 heavy (non-hydrogen) atoms. The highest BCUT2D eigenvalue weighted by Crippen LogP contribution is 2.44. The van der Waals surface area contributed by atoms with Crippen LogP contribution in [0.2, 0.25) is 0 Å². The van der Waals surface area contributed by atoms with Crippen molar-refractivity contribution in [2.75, 3.05) is 6.61 Å². The van der Waals surface area contributed by atoms with Gasteiger partial charge in [-0.25, -0.2) is 9.59 Å². The molecule has 0 aliphatic heterocycles. The quantitative estimate of drug-likeness (QED) is 0.653. The Kier molecular flexibility index (Phi) is 5.44. The van der Waals surface area contributed by atoms with Crippen molar-refractivity contribution < 1.29 is 24.2 Å². The number of ether oxygens (including phenoxy) is 1. The molecular formula is C23H24N2O5. The van der Waals surface area contributed by atoms with Gasteiger partial charge in [-0.05, 0) is 42.0 Å². The smallest absolute Gasteiger partial charge is 0.407 e. The molecule has 7 nitrogen and oxygen atoms in total. The molecule has 2 aromatic rings. The van der Waals surface area contributed by atoms with E-state index >= 15 is 0 Å². The van der Waals surface area contributed by atoms with E-state index in [1.807, 2.05) is 48.5 Å². The number of hydrogen-bond acceptors (Lipinski definition) is 4. The molecule has 2 amide bonds. The zero-order valence-electron chi connectivity index (χ0n) is 16.6. The van der Waals surface area contributed by atoms with Gasteiger partial charge in [0.05, 0.1) is 6.04 Å². The number of fused-ring (bicyclic) bond motifs is 3. The zero-order valence-corrected chi connectivity index (χ0v) is 16.6. The molecule has 0 radical (unpaired) electrons. The van der Waals surface area contributed by atoms with Gasteiger partial charge in [-0.2, -0.15) is 0 Å². The summed E-state index contributed by atoms with van der Waals surface area (Å²) >= 11 is 0. The molecule has 0 saturated heterocycles. The summed E-state index contributed by atoms with van der Waals surface area (Å²) in [5.74, 6) is -1.56. The lowest BCUT2D eigenvalue weighted by atomic mass is 9.98. The Morgan fingerprint density at radius 3 is 2.10 bits per heavy atom. The Morgan fingerprint density at radius 2 is 1.57 bits per heavy atom. The SMILES string of the molecule is CC(NC(=O)C1CC1)C(NC(=O)OCC1c2ccccc2-c2ccccc21)C(=O)O. The fourth-order valence-electron chi connectivity index (χ4n) is 3.94. The molecule has 0 heterocycles. The second-order valence-corrected chi connectivity index (χ2v) is 7.86. The first-order valence-corrected chi connectivity index (χ1v) is 10.1. The number of carbonyl (C=O) groups excluding carboxylic acids is 2. The molecule has 1 saturated carbocycles. The molecule has 2 aliphatic rings. The predicted molar refractivity (Wildman–Crippen MR) is 110 cm³/mol. The van der Waals surface area contributed by atoms with Crippen LogP contribution in [0.25, 0.3) is 11.1 Å². The van der Waals surface area contributed by atoms with Gasteiger partial charge in [0.1, 0.15) is 12.6 Å². The van der Waals surface area contributed by atoms with Crippen LogP contribution in [0.5, 0.6) is 0 Å². The number of nitrogens with one attached hydrogen (secondary N) is 2. The van der Waals surface area contributed by atoms with Crippen molar-refractivity contribution in [2.24, 2.45) is 5.92 Å². The van der Waals surface area contributed by atoms with Gasteiger partial charge in [-0.1, -0.05) is 48.5 Å². The average Bonchev–Trinajstić information content (AvgIpc) is 3.54. The summed E-state index contributed by atoms with van der Waals surface area (Å²) in [7, 11) is 0. The van der Waals surface area contributed by atoms with Gasteiger partial charge in [0.2, 0.25) is 5.91 Å². The number of carboxylic acids is 1. The van der Waals surface area contributed by atoms with E-state index in [0.29, 0.717) is 0 Å². The zero-order chi connectivity index (χ0) is 21.3. The molecular weight excluding hydrogens is 384 g/mol. The van der Waals surface area contributed by atoms with E-state index in [2.05, 4.69) is 10.6 Å². The van der Waals surface area contributed by atoms with E-state index in [-0.39, 0.29) is 24.3 Å². The fourth-order valence-corrected chi connectivity index (χ4v) is 3.94. The van der Waals surface area contributed by atoms with Crippen LogP contribution in [0.3, 0.4) is 0 Å². The van der Waals surface area contributed by atoms with Crippen molar-refractivity contribution in [3.63, 3.8) is 0 Å². The minimum absolute atomic E-state index is 0.0450. The van der Waals surface area contributed by atoms with Crippen molar-refractivity contribution in [1.82, 2.24) is 10.6 Å². The summed E-state index contributed by atoms with van der Waals surface area (Å²) in [4.78, 5) is 35.9. The molecule has 156 valence electrons. The van der Waals surface area contributed by atoms with Crippen molar-refractivity contribution in [3.05, 3.63) is 59.7 Å². The molecule has 4 rings (SSSR count). The largest absolute Gasteiger partial charge is 0.480 e. The van der Waals surface area contributed by atoms with E-state index in [0.717, 1.165) is 35.1 Å². The van der Waals surface area contributed by atoms with Gasteiger partial charge in [-0.3, -0.25) is 4.79 Å². The monoisotopic (exact) mass is 408 g/mol. The average molecular weight is 408 g/mol. The molecule has 1 fully saturated rings. The summed E-state index contributed by atoms with van der Waals surface area (Å²) in [6.45, 7) is 1.65. The lowest BCUT2D eigenvalue weighted by Gasteiger charge is -2.23. The van der Waals surface area contributed by atoms with Gasteiger partial charge in [-0.15, -0.1) is 0 Å². The molecule has 0 aromatic heterocycles. The van der Waals surface area contributed by atoms with Gasteiger partial charge in [0.25, 0.3) is 0 Å². The van der Waals surface area contributed by atoms with Crippen molar-refractivity contribution in [2.45, 2.75) is 37.8 Å². The molecule has 2 aromatic carbocycles. The van der Waals surface area contributed by atoms with Gasteiger partial charge in [0, 0.05) is 11.8 Å². The molecule has 0 spiro atoms. The first kappa shape index (κ1) is 19.9. The second-order valence-electron chi connectivity index (χ2n) is 7.86. The Hall–Kier alpha value is -3.35. The van der Waals surface area contributed by atoms with Gasteiger partial charge >= 0.3 is 12.1 Å². The third kappa shape index (κ3) is 4.01. The van der Waals surface area contributed by atoms with Crippen molar-refractivity contribution in [3.8, 4) is 11.1 Å². The maximum absolute atomic E-state index is 12.4. The Labute approximate surface area is 174 Å². The molecule has 3 N–H and O–H groups in total. The van der Waals surface area contributed by atoms with E-state index in [4.69, 9.17) is 4.74 Å². The number of carbonyl (C=O) groups is 3. The van der Waals surface area contributed by atoms with Crippen LogP contribution in [-0.4, -0.2) is 41.8 Å². The van der Waals surface area contributed by atoms with E-state index in [1.54, 1.807) is 6.92 Å². The number of hydrogen-bond donors (Lipinski definition) is 3. The number of amides is 2. The van der Waals surface area contributed by atoms with Crippen LogP contribution in [0.4, 0.5) is 4.79 Å². The van der Waals surface area contributed by atoms with Gasteiger partial charge < -0.3 is 20.5 Å². The number of alkyl carbamates (subject to hydrolysis) is 1. The first-order valence-electron chi connectivity index (χ1n) is 10.1. The summed E-state index contributed by atoms with van der Waals surface area (Å²) in [5, 5.41) is 14.5. The van der Waals surface area contributed by atoms with Gasteiger partial charge in [0.15, 0.2) is 0 Å². The molecule has 2 atom stereocenters. The summed E-state index contributed by atoms with van der Waals surface area (Å²) in [5.41, 5.74) is 4.38. The normalized spacial score (nSPS) is 16.7. The third-order valence-electron chi connectivity index (χ3n) is 5.70. The lowest BCUT2D eigenvalue weighted by molar-refractivity contribution is -0.140. The highest BCUT2D eigenvalue weighted by molar-refractivity contribution is 5.84. The summed E-state index contributed by atoms with van der Waals surface area (Å²) in [6.07, 6.45) is 0.809. The minimum Gasteiger partial charge on any atom is -0.480 e. The van der Waals surface area contributed by atoms with Crippen LogP contribution in [0.1, 0.15) is 36.8 Å².